The first kappa shape index (κ1) is 18.6. The van der Waals surface area contributed by atoms with Gasteiger partial charge in [0.2, 0.25) is 0 Å². The van der Waals surface area contributed by atoms with Gasteiger partial charge in [0.15, 0.2) is 0 Å². The Kier molecular flexibility index (Phi) is 5.42. The molecule has 0 N–H and O–H groups in total. The van der Waals surface area contributed by atoms with Gasteiger partial charge in [0.1, 0.15) is 12.4 Å². The van der Waals surface area contributed by atoms with E-state index in [0.717, 1.165) is 12.3 Å². The minimum absolute atomic E-state index is 0.00542. The molecule has 0 spiro atoms. The fourth-order valence-electron chi connectivity index (χ4n) is 2.21. The topological polar surface area (TPSA) is 57.3 Å². The maximum atomic E-state index is 13.5. The molecule has 5 nitrogen and oxygen atoms in total. The number of hydrogen-bond acceptors (Lipinski definition) is 3. The monoisotopic (exact) mass is 382 g/mol. The molecule has 1 heterocycles. The van der Waals surface area contributed by atoms with Crippen LogP contribution in [0.1, 0.15) is 12.6 Å². The summed E-state index contributed by atoms with van der Waals surface area (Å²) in [5, 5.41) is 11.4. The van der Waals surface area contributed by atoms with Crippen LogP contribution in [0.3, 0.4) is 0 Å². The van der Waals surface area contributed by atoms with E-state index in [0.29, 0.717) is 4.57 Å². The second-order valence-corrected chi connectivity index (χ2v) is 5.53. The first-order chi connectivity index (χ1) is 11.2. The van der Waals surface area contributed by atoms with Crippen LogP contribution in [0.5, 0.6) is 0 Å². The maximum absolute atomic E-state index is 13.5. The highest BCUT2D eigenvalue weighted by Gasteiger charge is 2.42. The molecule has 0 atom stereocenters. The van der Waals surface area contributed by atoms with Crippen LogP contribution in [0, 0.1) is 10.1 Å². The van der Waals surface area contributed by atoms with Gasteiger partial charge in [-0.3, -0.25) is 10.1 Å². The van der Waals surface area contributed by atoms with Crippen molar-refractivity contribution >= 4 is 28.9 Å². The van der Waals surface area contributed by atoms with E-state index in [-0.39, 0.29) is 22.2 Å². The van der Waals surface area contributed by atoms with E-state index in [9.17, 15) is 23.3 Å². The number of ether oxygens (including phenoxy) is 1. The van der Waals surface area contributed by atoms with Crippen LogP contribution in [0.25, 0.3) is 11.1 Å². The van der Waals surface area contributed by atoms with Crippen LogP contribution in [0.15, 0.2) is 24.4 Å². The van der Waals surface area contributed by atoms with Crippen molar-refractivity contribution in [3.8, 4) is 11.1 Å². The lowest BCUT2D eigenvalue weighted by Crippen LogP contribution is -2.15. The molecule has 0 amide bonds. The molecule has 0 aliphatic carbocycles. The van der Waals surface area contributed by atoms with Gasteiger partial charge in [-0.15, -0.1) is 0 Å². The predicted molar refractivity (Wildman–Crippen MR) is 83.2 cm³/mol. The number of nitro groups is 1. The molecule has 0 saturated heterocycles. The predicted octanol–water partition coefficient (Wildman–Crippen LogP) is 5.38. The lowest BCUT2D eigenvalue weighted by Gasteiger charge is -2.14. The molecular weight excluding hydrogens is 372 g/mol. The molecule has 0 aliphatic rings. The molecule has 0 bridgehead atoms. The fraction of sp³-hybridized carbons (Fsp3) is 0.286. The summed E-state index contributed by atoms with van der Waals surface area (Å²) in [6, 6.07) is 3.69. The van der Waals surface area contributed by atoms with Crippen molar-refractivity contribution in [2.75, 3.05) is 6.61 Å². The minimum atomic E-state index is -4.83. The van der Waals surface area contributed by atoms with Crippen molar-refractivity contribution in [3.63, 3.8) is 0 Å². The summed E-state index contributed by atoms with van der Waals surface area (Å²) >= 11 is 11.6. The van der Waals surface area contributed by atoms with Gasteiger partial charge in [0, 0.05) is 6.61 Å². The van der Waals surface area contributed by atoms with Crippen molar-refractivity contribution in [2.45, 2.75) is 19.8 Å². The lowest BCUT2D eigenvalue weighted by atomic mass is 10.0. The quantitative estimate of drug-likeness (QED) is 0.514. The van der Waals surface area contributed by atoms with Crippen molar-refractivity contribution in [2.24, 2.45) is 0 Å². The molecule has 10 heteroatoms. The molecule has 24 heavy (non-hydrogen) atoms. The first-order valence-electron chi connectivity index (χ1n) is 6.64. The van der Waals surface area contributed by atoms with E-state index in [1.165, 1.54) is 12.1 Å². The second kappa shape index (κ2) is 7.00. The third kappa shape index (κ3) is 3.66. The van der Waals surface area contributed by atoms with Gasteiger partial charge >= 0.3 is 6.18 Å². The number of rotatable bonds is 5. The molecule has 0 fully saturated rings. The Labute approximate surface area is 144 Å². The normalized spacial score (nSPS) is 11.8. The highest BCUT2D eigenvalue weighted by molar-refractivity contribution is 6.42. The zero-order valence-corrected chi connectivity index (χ0v) is 13.7. The summed E-state index contributed by atoms with van der Waals surface area (Å²) < 4.78 is 46.2. The van der Waals surface area contributed by atoms with Crippen LogP contribution in [-0.2, 0) is 17.6 Å². The molecule has 0 aliphatic heterocycles. The van der Waals surface area contributed by atoms with Crippen LogP contribution in [0.4, 0.5) is 18.9 Å². The van der Waals surface area contributed by atoms with Crippen LogP contribution >= 0.6 is 23.2 Å². The van der Waals surface area contributed by atoms with Crippen molar-refractivity contribution < 1.29 is 22.8 Å². The van der Waals surface area contributed by atoms with Crippen molar-refractivity contribution in [1.29, 1.82) is 0 Å². The van der Waals surface area contributed by atoms with E-state index in [1.807, 2.05) is 0 Å². The molecule has 2 aromatic rings. The van der Waals surface area contributed by atoms with Gasteiger partial charge in [-0.25, -0.2) is 0 Å². The average Bonchev–Trinajstić information content (AvgIpc) is 2.87. The molecule has 1 aromatic carbocycles. The Morgan fingerprint density at radius 1 is 1.29 bits per heavy atom. The molecule has 130 valence electrons. The first-order valence-corrected chi connectivity index (χ1v) is 7.40. The number of halogens is 5. The minimum Gasteiger partial charge on any atom is -0.361 e. The molecule has 0 saturated carbocycles. The smallest absolute Gasteiger partial charge is 0.361 e. The van der Waals surface area contributed by atoms with Crippen molar-refractivity contribution in [1.82, 2.24) is 4.57 Å². The Morgan fingerprint density at radius 3 is 2.46 bits per heavy atom. The summed E-state index contributed by atoms with van der Waals surface area (Å²) in [5.74, 6) is 0. The van der Waals surface area contributed by atoms with Gasteiger partial charge in [-0.2, -0.15) is 13.2 Å². The molecular formula is C14H11Cl2F3N2O3. The summed E-state index contributed by atoms with van der Waals surface area (Å²) in [7, 11) is 0. The maximum Gasteiger partial charge on any atom is 0.432 e. The molecule has 0 radical (unpaired) electrons. The largest absolute Gasteiger partial charge is 0.432 e. The highest BCUT2D eigenvalue weighted by Crippen LogP contribution is 2.44. The summed E-state index contributed by atoms with van der Waals surface area (Å²) in [6.45, 7) is 1.30. The van der Waals surface area contributed by atoms with E-state index in [4.69, 9.17) is 27.9 Å². The lowest BCUT2D eigenvalue weighted by molar-refractivity contribution is -0.384. The van der Waals surface area contributed by atoms with Crippen molar-refractivity contribution in [3.05, 3.63) is 50.2 Å². The number of nitrogens with zero attached hydrogens (tertiary/aromatic N) is 2. The van der Waals surface area contributed by atoms with E-state index in [2.05, 4.69) is 0 Å². The standard InChI is InChI=1S/C14H11Cl2F3N2O3/c1-2-24-7-20-6-11(21(22)23)12(13(20)14(17,18)19)8-3-4-9(15)10(16)5-8/h3-6H,2,7H2,1H3. The van der Waals surface area contributed by atoms with Gasteiger partial charge in [-0.05, 0) is 24.6 Å². The third-order valence-electron chi connectivity index (χ3n) is 3.17. The zero-order chi connectivity index (χ0) is 18.1. The van der Waals surface area contributed by atoms with E-state index in [1.54, 1.807) is 6.92 Å². The number of aromatic nitrogens is 1. The molecule has 2 rings (SSSR count). The summed E-state index contributed by atoms with van der Waals surface area (Å²) in [6.07, 6.45) is -4.02. The Morgan fingerprint density at radius 2 is 1.96 bits per heavy atom. The zero-order valence-electron chi connectivity index (χ0n) is 12.2. The third-order valence-corrected chi connectivity index (χ3v) is 3.91. The van der Waals surface area contributed by atoms with Gasteiger partial charge in [0.25, 0.3) is 5.69 Å². The highest BCUT2D eigenvalue weighted by atomic mass is 35.5. The summed E-state index contributed by atoms with van der Waals surface area (Å²) in [4.78, 5) is 10.4. The SMILES string of the molecule is CCOCn1cc([N+](=O)[O-])c(-c2ccc(Cl)c(Cl)c2)c1C(F)(F)F. The van der Waals surface area contributed by atoms with E-state index >= 15 is 0 Å². The average molecular weight is 383 g/mol. The Hall–Kier alpha value is -1.77. The van der Waals surface area contributed by atoms with Crippen LogP contribution in [0.2, 0.25) is 10.0 Å². The molecule has 0 unspecified atom stereocenters. The number of alkyl halides is 3. The fourth-order valence-corrected chi connectivity index (χ4v) is 2.51. The van der Waals surface area contributed by atoms with Gasteiger partial charge < -0.3 is 9.30 Å². The Balaban J connectivity index is 2.77. The number of benzene rings is 1. The summed E-state index contributed by atoms with van der Waals surface area (Å²) in [5.41, 5.74) is -2.51. The van der Waals surface area contributed by atoms with Gasteiger partial charge in [0.05, 0.1) is 26.7 Å². The molecule has 1 aromatic heterocycles. The Bertz CT molecular complexity index is 775. The number of hydrogen-bond donors (Lipinski definition) is 0. The van der Waals surface area contributed by atoms with Crippen LogP contribution in [-0.4, -0.2) is 16.1 Å². The van der Waals surface area contributed by atoms with E-state index < -0.39 is 34.8 Å². The van der Waals surface area contributed by atoms with Crippen LogP contribution < -0.4 is 0 Å². The van der Waals surface area contributed by atoms with Gasteiger partial charge in [-0.1, -0.05) is 29.3 Å². The second-order valence-electron chi connectivity index (χ2n) is 4.71.